The Hall–Kier alpha value is -3.08. The smallest absolute Gasteiger partial charge is 0.226 e. The molecule has 10 heteroatoms. The summed E-state index contributed by atoms with van der Waals surface area (Å²) in [6.07, 6.45) is 10.8. The predicted molar refractivity (Wildman–Crippen MR) is 168 cm³/mol. The number of hydrogen-bond acceptors (Lipinski definition) is 9. The number of amides is 1. The maximum Gasteiger partial charge on any atom is 0.226 e. The number of fused-ring (bicyclic) bond motifs is 4. The minimum atomic E-state index is 0.0532. The molecule has 1 atom stereocenters. The Morgan fingerprint density at radius 1 is 1.12 bits per heavy atom. The van der Waals surface area contributed by atoms with Gasteiger partial charge in [-0.1, -0.05) is 0 Å². The summed E-state index contributed by atoms with van der Waals surface area (Å²) < 4.78 is 6.38. The number of carbonyl (C=O) groups is 1. The predicted octanol–water partition coefficient (Wildman–Crippen LogP) is 4.50. The fourth-order valence-corrected chi connectivity index (χ4v) is 8.32. The standard InChI is InChI=1S/C32H41N7O2S/c1-37(2)24-7-11-39(12-8-24)32(40)21-5-6-25-28(17-21)42-31-29(25)30(34-20-35-31)36-26-15-22-18-33-19-23(22)16-27(26)41-14-13-38-9-3-4-10-38/h15-16,18,20-21,24H,3-14,17,19H2,1-2H3,(H,34,35,36)/t21-/m0/s1. The second kappa shape index (κ2) is 11.9. The topological polar surface area (TPSA) is 86.2 Å². The molecule has 4 aliphatic rings. The Morgan fingerprint density at radius 2 is 1.95 bits per heavy atom. The Morgan fingerprint density at radius 3 is 2.76 bits per heavy atom. The second-order valence-electron chi connectivity index (χ2n) is 12.4. The van der Waals surface area contributed by atoms with Crippen LogP contribution in [0.2, 0.25) is 0 Å². The van der Waals surface area contributed by atoms with Crippen LogP contribution < -0.4 is 10.1 Å². The van der Waals surface area contributed by atoms with Gasteiger partial charge in [-0.05, 0) is 101 Å². The Kier molecular flexibility index (Phi) is 7.85. The molecule has 1 amide bonds. The quantitative estimate of drug-likeness (QED) is 0.415. The van der Waals surface area contributed by atoms with E-state index in [9.17, 15) is 4.79 Å². The third kappa shape index (κ3) is 5.52. The number of piperidine rings is 1. The highest BCUT2D eigenvalue weighted by Gasteiger charge is 2.33. The molecule has 0 saturated carbocycles. The van der Waals surface area contributed by atoms with Crippen LogP contribution in [-0.4, -0.2) is 96.3 Å². The number of likely N-dealkylation sites (tertiary alicyclic amines) is 2. The van der Waals surface area contributed by atoms with Crippen LogP contribution in [0.3, 0.4) is 0 Å². The van der Waals surface area contributed by atoms with Gasteiger partial charge in [0.1, 0.15) is 29.3 Å². The molecule has 0 spiro atoms. The van der Waals surface area contributed by atoms with Gasteiger partial charge in [0.2, 0.25) is 5.91 Å². The number of anilines is 2. The molecule has 1 aromatic carbocycles. The third-order valence-corrected chi connectivity index (χ3v) is 10.7. The zero-order valence-electron chi connectivity index (χ0n) is 24.8. The van der Waals surface area contributed by atoms with Gasteiger partial charge in [0.15, 0.2) is 0 Å². The van der Waals surface area contributed by atoms with Gasteiger partial charge in [-0.3, -0.25) is 14.7 Å². The van der Waals surface area contributed by atoms with Crippen molar-refractivity contribution in [1.29, 1.82) is 0 Å². The largest absolute Gasteiger partial charge is 0.490 e. The Labute approximate surface area is 252 Å². The first kappa shape index (κ1) is 27.7. The van der Waals surface area contributed by atoms with Crippen LogP contribution >= 0.6 is 11.3 Å². The maximum absolute atomic E-state index is 13.5. The monoisotopic (exact) mass is 587 g/mol. The lowest BCUT2D eigenvalue weighted by molar-refractivity contribution is -0.137. The number of aliphatic imine (C=N–C) groups is 1. The number of nitrogens with zero attached hydrogens (tertiary/aromatic N) is 6. The van der Waals surface area contributed by atoms with Gasteiger partial charge in [0.25, 0.3) is 0 Å². The molecule has 3 aliphatic heterocycles. The number of aryl methyl sites for hydroxylation is 1. The van der Waals surface area contributed by atoms with Crippen molar-refractivity contribution in [3.8, 4) is 5.75 Å². The number of ether oxygens (including phenoxy) is 1. The highest BCUT2D eigenvalue weighted by atomic mass is 32.1. The number of carbonyl (C=O) groups excluding carboxylic acids is 1. The number of aromatic nitrogens is 2. The second-order valence-corrected chi connectivity index (χ2v) is 13.5. The summed E-state index contributed by atoms with van der Waals surface area (Å²) in [4.78, 5) is 36.5. The average Bonchev–Trinajstić information content (AvgIpc) is 3.77. The van der Waals surface area contributed by atoms with E-state index in [0.29, 0.717) is 25.1 Å². The summed E-state index contributed by atoms with van der Waals surface area (Å²) in [5.74, 6) is 2.04. The minimum absolute atomic E-state index is 0.0532. The number of rotatable bonds is 8. The van der Waals surface area contributed by atoms with Crippen LogP contribution in [0.1, 0.15) is 53.7 Å². The fourth-order valence-electron chi connectivity index (χ4n) is 7.05. The van der Waals surface area contributed by atoms with E-state index in [1.54, 1.807) is 17.7 Å². The van der Waals surface area contributed by atoms with E-state index >= 15 is 0 Å². The van der Waals surface area contributed by atoms with Crippen molar-refractivity contribution in [3.05, 3.63) is 40.0 Å². The first-order chi connectivity index (χ1) is 20.5. The van der Waals surface area contributed by atoms with E-state index in [1.807, 2.05) is 6.21 Å². The highest BCUT2D eigenvalue weighted by Crippen LogP contribution is 2.42. The summed E-state index contributed by atoms with van der Waals surface area (Å²) in [6.45, 7) is 6.35. The highest BCUT2D eigenvalue weighted by molar-refractivity contribution is 7.19. The van der Waals surface area contributed by atoms with Crippen molar-refractivity contribution in [2.45, 2.75) is 57.5 Å². The van der Waals surface area contributed by atoms with Crippen molar-refractivity contribution in [1.82, 2.24) is 24.7 Å². The molecule has 222 valence electrons. The molecule has 2 saturated heterocycles. The van der Waals surface area contributed by atoms with E-state index < -0.39 is 0 Å². The zero-order valence-corrected chi connectivity index (χ0v) is 25.6. The van der Waals surface area contributed by atoms with E-state index in [0.717, 1.165) is 97.9 Å². The van der Waals surface area contributed by atoms with Gasteiger partial charge in [-0.2, -0.15) is 0 Å². The molecule has 0 radical (unpaired) electrons. The lowest BCUT2D eigenvalue weighted by Crippen LogP contribution is -2.47. The minimum Gasteiger partial charge on any atom is -0.490 e. The number of benzene rings is 1. The van der Waals surface area contributed by atoms with Gasteiger partial charge < -0.3 is 19.9 Å². The zero-order chi connectivity index (χ0) is 28.6. The van der Waals surface area contributed by atoms with Crippen LogP contribution in [-0.2, 0) is 24.2 Å². The number of hydrogen-bond donors (Lipinski definition) is 1. The summed E-state index contributed by atoms with van der Waals surface area (Å²) in [7, 11) is 4.28. The fraction of sp³-hybridized carbons (Fsp3) is 0.562. The van der Waals surface area contributed by atoms with E-state index in [4.69, 9.17) is 9.72 Å². The molecule has 1 N–H and O–H groups in total. The molecule has 5 heterocycles. The van der Waals surface area contributed by atoms with Gasteiger partial charge in [0.05, 0.1) is 17.6 Å². The normalized spacial score (nSPS) is 20.8. The van der Waals surface area contributed by atoms with E-state index in [-0.39, 0.29) is 5.92 Å². The van der Waals surface area contributed by atoms with Gasteiger partial charge in [0, 0.05) is 42.7 Å². The summed E-state index contributed by atoms with van der Waals surface area (Å²) in [6, 6.07) is 4.85. The van der Waals surface area contributed by atoms with Crippen molar-refractivity contribution in [2.24, 2.45) is 10.9 Å². The molecule has 42 heavy (non-hydrogen) atoms. The van der Waals surface area contributed by atoms with Crippen molar-refractivity contribution in [3.63, 3.8) is 0 Å². The van der Waals surface area contributed by atoms with Crippen molar-refractivity contribution < 1.29 is 9.53 Å². The lowest BCUT2D eigenvalue weighted by Gasteiger charge is -2.37. The molecule has 0 unspecified atom stereocenters. The van der Waals surface area contributed by atoms with Crippen LogP contribution in [0.15, 0.2) is 23.5 Å². The summed E-state index contributed by atoms with van der Waals surface area (Å²) >= 11 is 1.72. The van der Waals surface area contributed by atoms with Crippen LogP contribution in [0.4, 0.5) is 11.5 Å². The van der Waals surface area contributed by atoms with Crippen LogP contribution in [0.5, 0.6) is 5.75 Å². The molecular weight excluding hydrogens is 546 g/mol. The molecule has 9 nitrogen and oxygen atoms in total. The Bertz CT molecular complexity index is 1490. The van der Waals surface area contributed by atoms with E-state index in [1.165, 1.54) is 28.8 Å². The Balaban J connectivity index is 1.10. The van der Waals surface area contributed by atoms with Crippen LogP contribution in [0, 0.1) is 5.92 Å². The first-order valence-corrected chi connectivity index (χ1v) is 16.3. The average molecular weight is 588 g/mol. The third-order valence-electron chi connectivity index (χ3n) is 9.55. The molecule has 2 aromatic heterocycles. The van der Waals surface area contributed by atoms with Crippen molar-refractivity contribution >= 4 is 45.2 Å². The lowest BCUT2D eigenvalue weighted by atomic mass is 9.86. The van der Waals surface area contributed by atoms with Gasteiger partial charge in [-0.25, -0.2) is 9.97 Å². The number of thiophene rings is 1. The summed E-state index contributed by atoms with van der Waals surface area (Å²) in [5.41, 5.74) is 4.53. The molecule has 1 aliphatic carbocycles. The molecule has 3 aromatic rings. The molecule has 7 rings (SSSR count). The SMILES string of the molecule is CN(C)C1CCN(C(=O)[C@H]2CCc3c(sc4ncnc(Nc5cc6c(cc5OCCN5CCCC5)CN=C6)c34)C2)CC1. The summed E-state index contributed by atoms with van der Waals surface area (Å²) in [5, 5.41) is 4.73. The van der Waals surface area contributed by atoms with Gasteiger partial charge in [-0.15, -0.1) is 11.3 Å². The maximum atomic E-state index is 13.5. The molecule has 2 fully saturated rings. The van der Waals surface area contributed by atoms with Gasteiger partial charge >= 0.3 is 0 Å². The van der Waals surface area contributed by atoms with Crippen molar-refractivity contribution in [2.75, 3.05) is 58.7 Å². The van der Waals surface area contributed by atoms with E-state index in [2.05, 4.69) is 56.2 Å². The first-order valence-electron chi connectivity index (χ1n) is 15.5. The molecular formula is C32H41N7O2S. The van der Waals surface area contributed by atoms with Crippen LogP contribution in [0.25, 0.3) is 10.2 Å². The molecule has 0 bridgehead atoms. The number of nitrogens with one attached hydrogen (secondary N) is 1.